The highest BCUT2D eigenvalue weighted by Crippen LogP contribution is 2.33. The molecule has 0 saturated heterocycles. The van der Waals surface area contributed by atoms with E-state index in [0.29, 0.717) is 12.1 Å². The lowest BCUT2D eigenvalue weighted by Crippen LogP contribution is -2.35. The van der Waals surface area contributed by atoms with Crippen molar-refractivity contribution in [3.8, 4) is 0 Å². The number of amides is 1. The summed E-state index contributed by atoms with van der Waals surface area (Å²) in [5.74, 6) is -1.67. The van der Waals surface area contributed by atoms with Crippen LogP contribution in [0.3, 0.4) is 0 Å². The summed E-state index contributed by atoms with van der Waals surface area (Å²) in [6, 6.07) is 1.92. The van der Waals surface area contributed by atoms with Crippen molar-refractivity contribution in [1.82, 2.24) is 5.32 Å². The second-order valence-corrected chi connectivity index (χ2v) is 5.56. The third kappa shape index (κ3) is 4.09. The first-order chi connectivity index (χ1) is 9.77. The number of rotatable bonds is 3. The predicted octanol–water partition coefficient (Wildman–Crippen LogP) is 4.18. The molecule has 1 aromatic carbocycles. The fourth-order valence-electron chi connectivity index (χ4n) is 2.42. The van der Waals surface area contributed by atoms with Crippen molar-refractivity contribution in [2.75, 3.05) is 0 Å². The number of carbonyl (C=O) groups excluding carboxylic acids is 1. The quantitative estimate of drug-likeness (QED) is 0.656. The van der Waals surface area contributed by atoms with Crippen molar-refractivity contribution >= 4 is 17.5 Å². The molecule has 1 amide bonds. The minimum atomic E-state index is -4.69. The van der Waals surface area contributed by atoms with E-state index in [1.54, 1.807) is 0 Å². The molecule has 2 nitrogen and oxygen atoms in total. The molecule has 0 aliphatic heterocycles. The molecule has 1 fully saturated rings. The Kier molecular flexibility index (Phi) is 4.76. The number of carbonyl (C=O) groups is 1. The standard InChI is InChI=1S/C14H14ClF4NO/c15-12(13(21)20-11-3-1-2-4-11)8-5-9(14(17,18)19)7-10(16)6-8/h5-7,11-12H,1-4H2,(H,20,21). The molecule has 0 bridgehead atoms. The summed E-state index contributed by atoms with van der Waals surface area (Å²) in [6.45, 7) is 0. The molecule has 1 unspecified atom stereocenters. The number of halogens is 5. The molecule has 21 heavy (non-hydrogen) atoms. The van der Waals surface area contributed by atoms with Crippen LogP contribution in [0, 0.1) is 5.82 Å². The van der Waals surface area contributed by atoms with Gasteiger partial charge in [-0.1, -0.05) is 12.8 Å². The van der Waals surface area contributed by atoms with Crippen molar-refractivity contribution in [2.45, 2.75) is 43.3 Å². The number of benzene rings is 1. The molecule has 1 aliphatic rings. The first-order valence-corrected chi connectivity index (χ1v) is 7.03. The molecule has 1 N–H and O–H groups in total. The minimum Gasteiger partial charge on any atom is -0.352 e. The summed E-state index contributed by atoms with van der Waals surface area (Å²) in [4.78, 5) is 11.9. The molecule has 1 saturated carbocycles. The molecule has 0 heterocycles. The molecule has 7 heteroatoms. The Morgan fingerprint density at radius 1 is 1.24 bits per heavy atom. The highest BCUT2D eigenvalue weighted by molar-refractivity contribution is 6.30. The molecule has 116 valence electrons. The highest BCUT2D eigenvalue weighted by Gasteiger charge is 2.33. The van der Waals surface area contributed by atoms with Crippen molar-refractivity contribution in [2.24, 2.45) is 0 Å². The first kappa shape index (κ1) is 16.1. The van der Waals surface area contributed by atoms with Crippen LogP contribution in [0.2, 0.25) is 0 Å². The van der Waals surface area contributed by atoms with Gasteiger partial charge in [-0.2, -0.15) is 13.2 Å². The predicted molar refractivity (Wildman–Crippen MR) is 70.4 cm³/mol. The molecule has 0 aromatic heterocycles. The molecule has 1 aliphatic carbocycles. The Hall–Kier alpha value is -1.30. The Morgan fingerprint density at radius 3 is 2.43 bits per heavy atom. The fraction of sp³-hybridized carbons (Fsp3) is 0.500. The van der Waals surface area contributed by atoms with Gasteiger partial charge in [0.2, 0.25) is 5.91 Å². The molecule has 1 aromatic rings. The Balaban J connectivity index is 2.16. The van der Waals surface area contributed by atoms with Crippen LogP contribution in [0.15, 0.2) is 18.2 Å². The van der Waals surface area contributed by atoms with E-state index in [9.17, 15) is 22.4 Å². The topological polar surface area (TPSA) is 29.1 Å². The maximum atomic E-state index is 13.3. The number of hydrogen-bond donors (Lipinski definition) is 1. The lowest BCUT2D eigenvalue weighted by atomic mass is 10.1. The highest BCUT2D eigenvalue weighted by atomic mass is 35.5. The molecular formula is C14H14ClF4NO. The van der Waals surface area contributed by atoms with Gasteiger partial charge in [0, 0.05) is 6.04 Å². The lowest BCUT2D eigenvalue weighted by Gasteiger charge is -2.17. The average molecular weight is 324 g/mol. The van der Waals surface area contributed by atoms with E-state index in [1.807, 2.05) is 0 Å². The van der Waals surface area contributed by atoms with E-state index in [2.05, 4.69) is 5.32 Å². The van der Waals surface area contributed by atoms with E-state index in [1.165, 1.54) is 0 Å². The van der Waals surface area contributed by atoms with E-state index in [4.69, 9.17) is 11.6 Å². The van der Waals surface area contributed by atoms with Gasteiger partial charge < -0.3 is 5.32 Å². The molecular weight excluding hydrogens is 310 g/mol. The summed E-state index contributed by atoms with van der Waals surface area (Å²) >= 11 is 5.88. The zero-order valence-electron chi connectivity index (χ0n) is 11.0. The Bertz CT molecular complexity index is 526. The van der Waals surface area contributed by atoms with Gasteiger partial charge >= 0.3 is 6.18 Å². The fourth-order valence-corrected chi connectivity index (χ4v) is 2.61. The van der Waals surface area contributed by atoms with Crippen LogP contribution in [0.4, 0.5) is 17.6 Å². The van der Waals surface area contributed by atoms with Gasteiger partial charge in [-0.25, -0.2) is 4.39 Å². The summed E-state index contributed by atoms with van der Waals surface area (Å²) in [5.41, 5.74) is -1.35. The van der Waals surface area contributed by atoms with E-state index in [-0.39, 0.29) is 11.6 Å². The van der Waals surface area contributed by atoms with Gasteiger partial charge in [-0.15, -0.1) is 11.6 Å². The van der Waals surface area contributed by atoms with Crippen LogP contribution < -0.4 is 5.32 Å². The Labute approximate surface area is 124 Å². The zero-order valence-corrected chi connectivity index (χ0v) is 11.8. The smallest absolute Gasteiger partial charge is 0.352 e. The third-order valence-electron chi connectivity index (χ3n) is 3.47. The van der Waals surface area contributed by atoms with Crippen molar-refractivity contribution < 1.29 is 22.4 Å². The third-order valence-corrected chi connectivity index (χ3v) is 3.92. The maximum Gasteiger partial charge on any atom is 0.416 e. The normalized spacial score (nSPS) is 17.8. The van der Waals surface area contributed by atoms with E-state index < -0.39 is 28.8 Å². The van der Waals surface area contributed by atoms with Crippen LogP contribution in [-0.2, 0) is 11.0 Å². The van der Waals surface area contributed by atoms with Crippen LogP contribution in [0.25, 0.3) is 0 Å². The van der Waals surface area contributed by atoms with Crippen molar-refractivity contribution in [3.63, 3.8) is 0 Å². The van der Waals surface area contributed by atoms with Crippen molar-refractivity contribution in [3.05, 3.63) is 35.1 Å². The van der Waals surface area contributed by atoms with E-state index >= 15 is 0 Å². The number of hydrogen-bond acceptors (Lipinski definition) is 1. The van der Waals surface area contributed by atoms with Gasteiger partial charge in [0.15, 0.2) is 0 Å². The average Bonchev–Trinajstić information content (AvgIpc) is 2.88. The van der Waals surface area contributed by atoms with Crippen LogP contribution >= 0.6 is 11.6 Å². The largest absolute Gasteiger partial charge is 0.416 e. The molecule has 1 atom stereocenters. The maximum absolute atomic E-state index is 13.3. The van der Waals surface area contributed by atoms with Crippen LogP contribution in [-0.4, -0.2) is 11.9 Å². The van der Waals surface area contributed by atoms with Gasteiger partial charge in [0.25, 0.3) is 0 Å². The Morgan fingerprint density at radius 2 is 1.86 bits per heavy atom. The summed E-state index contributed by atoms with van der Waals surface area (Å²) in [7, 11) is 0. The zero-order chi connectivity index (χ0) is 15.6. The number of nitrogens with one attached hydrogen (secondary N) is 1. The summed E-state index contributed by atoms with van der Waals surface area (Å²) in [5, 5.41) is 1.34. The van der Waals surface area contributed by atoms with E-state index in [0.717, 1.165) is 31.7 Å². The summed E-state index contributed by atoms with van der Waals surface area (Å²) in [6.07, 6.45) is -1.04. The monoisotopic (exact) mass is 323 g/mol. The van der Waals surface area contributed by atoms with Crippen molar-refractivity contribution in [1.29, 1.82) is 0 Å². The van der Waals surface area contributed by atoms with Gasteiger partial charge in [-0.05, 0) is 36.6 Å². The van der Waals surface area contributed by atoms with Crippen LogP contribution in [0.5, 0.6) is 0 Å². The minimum absolute atomic E-state index is 0.00519. The van der Waals surface area contributed by atoms with Gasteiger partial charge in [0.05, 0.1) is 5.56 Å². The second-order valence-electron chi connectivity index (χ2n) is 5.12. The summed E-state index contributed by atoms with van der Waals surface area (Å²) < 4.78 is 51.2. The number of alkyl halides is 4. The molecule has 0 radical (unpaired) electrons. The molecule has 2 rings (SSSR count). The lowest BCUT2D eigenvalue weighted by molar-refractivity contribution is -0.138. The van der Waals surface area contributed by atoms with Gasteiger partial charge in [-0.3, -0.25) is 4.79 Å². The first-order valence-electron chi connectivity index (χ1n) is 6.59. The van der Waals surface area contributed by atoms with Gasteiger partial charge in [0.1, 0.15) is 11.2 Å². The second kappa shape index (κ2) is 6.22. The molecule has 0 spiro atoms. The SMILES string of the molecule is O=C(NC1CCCC1)C(Cl)c1cc(F)cc(C(F)(F)F)c1. The van der Waals surface area contributed by atoms with Crippen LogP contribution in [0.1, 0.15) is 42.2 Å².